The predicted molar refractivity (Wildman–Crippen MR) is 118 cm³/mol. The van der Waals surface area contributed by atoms with Crippen LogP contribution in [0.1, 0.15) is 16.7 Å². The van der Waals surface area contributed by atoms with Crippen LogP contribution in [0.4, 0.5) is 21.5 Å². The third-order valence-corrected chi connectivity index (χ3v) is 5.01. The zero-order chi connectivity index (χ0) is 23.0. The Morgan fingerprint density at radius 1 is 0.906 bits per heavy atom. The molecule has 160 valence electrons. The fourth-order valence-corrected chi connectivity index (χ4v) is 3.69. The van der Waals surface area contributed by atoms with Gasteiger partial charge >= 0.3 is 0 Å². The summed E-state index contributed by atoms with van der Waals surface area (Å²) >= 11 is 0. The van der Waals surface area contributed by atoms with Crippen molar-refractivity contribution in [1.82, 2.24) is 0 Å². The van der Waals surface area contributed by atoms with E-state index >= 15 is 0 Å². The maximum absolute atomic E-state index is 13.7. The largest absolute Gasteiger partial charge is 0.350 e. The van der Waals surface area contributed by atoms with Gasteiger partial charge in [0.05, 0.1) is 16.2 Å². The van der Waals surface area contributed by atoms with Crippen molar-refractivity contribution >= 4 is 34.4 Å². The summed E-state index contributed by atoms with van der Waals surface area (Å²) in [5.74, 6) is -1.68. The van der Waals surface area contributed by atoms with Crippen LogP contribution in [0.15, 0.2) is 72.4 Å². The molecule has 1 heterocycles. The van der Waals surface area contributed by atoms with Crippen molar-refractivity contribution in [1.29, 1.82) is 0 Å². The smallest absolute Gasteiger partial charge is 0.282 e. The number of amides is 2. The van der Waals surface area contributed by atoms with E-state index in [1.807, 2.05) is 19.9 Å². The van der Waals surface area contributed by atoms with Crippen LogP contribution in [-0.4, -0.2) is 16.7 Å². The molecule has 32 heavy (non-hydrogen) atoms. The number of carbonyl (C=O) groups is 2. The first-order valence-corrected chi connectivity index (χ1v) is 9.73. The quantitative estimate of drug-likeness (QED) is 0.358. The molecule has 0 bridgehead atoms. The van der Waals surface area contributed by atoms with Gasteiger partial charge in [-0.2, -0.15) is 0 Å². The number of nitrogens with zero attached hydrogens (tertiary/aromatic N) is 2. The lowest BCUT2D eigenvalue weighted by Gasteiger charge is -2.17. The zero-order valence-electron chi connectivity index (χ0n) is 17.3. The van der Waals surface area contributed by atoms with Crippen molar-refractivity contribution in [2.24, 2.45) is 0 Å². The van der Waals surface area contributed by atoms with Crippen LogP contribution in [0.5, 0.6) is 0 Å². The van der Waals surface area contributed by atoms with E-state index in [-0.39, 0.29) is 17.0 Å². The van der Waals surface area contributed by atoms with E-state index in [1.54, 1.807) is 18.2 Å². The lowest BCUT2D eigenvalue weighted by Crippen LogP contribution is -2.32. The summed E-state index contributed by atoms with van der Waals surface area (Å²) in [5.41, 5.74) is 2.67. The summed E-state index contributed by atoms with van der Waals surface area (Å²) in [5, 5.41) is 13.9. The van der Waals surface area contributed by atoms with Crippen LogP contribution in [-0.2, 0) is 9.59 Å². The molecule has 4 rings (SSSR count). The Morgan fingerprint density at radius 2 is 1.56 bits per heavy atom. The number of hydrogen-bond acceptors (Lipinski definition) is 5. The first-order valence-electron chi connectivity index (χ1n) is 9.73. The van der Waals surface area contributed by atoms with E-state index in [2.05, 4.69) is 5.32 Å². The number of nitrogens with one attached hydrogen (secondary N) is 1. The van der Waals surface area contributed by atoms with Gasteiger partial charge < -0.3 is 5.32 Å². The minimum absolute atomic E-state index is 0.0337. The van der Waals surface area contributed by atoms with Crippen LogP contribution in [0, 0.1) is 29.8 Å². The maximum atomic E-state index is 13.7. The van der Waals surface area contributed by atoms with E-state index in [0.717, 1.165) is 16.0 Å². The Labute approximate surface area is 182 Å². The van der Waals surface area contributed by atoms with E-state index in [0.29, 0.717) is 16.9 Å². The predicted octanol–water partition coefficient (Wildman–Crippen LogP) is 4.75. The highest BCUT2D eigenvalue weighted by Crippen LogP contribution is 2.35. The summed E-state index contributed by atoms with van der Waals surface area (Å²) < 4.78 is 13.7. The monoisotopic (exact) mass is 431 g/mol. The fraction of sp³-hybridized carbons (Fsp3) is 0.0833. The summed E-state index contributed by atoms with van der Waals surface area (Å²) in [4.78, 5) is 38.3. The van der Waals surface area contributed by atoms with E-state index in [1.165, 1.54) is 42.5 Å². The van der Waals surface area contributed by atoms with Gasteiger partial charge in [0.2, 0.25) is 0 Å². The molecule has 1 aliphatic rings. The van der Waals surface area contributed by atoms with Gasteiger partial charge in [0, 0.05) is 17.8 Å². The summed E-state index contributed by atoms with van der Waals surface area (Å²) in [6.07, 6.45) is 0. The van der Waals surface area contributed by atoms with Crippen LogP contribution >= 0.6 is 0 Å². The Bertz CT molecular complexity index is 1280. The van der Waals surface area contributed by atoms with Crippen LogP contribution < -0.4 is 10.2 Å². The highest BCUT2D eigenvalue weighted by atomic mass is 19.1. The summed E-state index contributed by atoms with van der Waals surface area (Å²) in [6.45, 7) is 3.72. The lowest BCUT2D eigenvalue weighted by atomic mass is 10.0. The Kier molecular flexibility index (Phi) is 5.28. The first-order chi connectivity index (χ1) is 15.2. The number of hydrogen-bond donors (Lipinski definition) is 1. The Morgan fingerprint density at radius 3 is 2.16 bits per heavy atom. The molecule has 0 unspecified atom stereocenters. The number of non-ortho nitro benzene ring substituents is 1. The van der Waals surface area contributed by atoms with Crippen LogP contribution in [0.25, 0.3) is 5.57 Å². The minimum Gasteiger partial charge on any atom is -0.350 e. The molecule has 0 atom stereocenters. The Hall–Kier alpha value is -4.33. The van der Waals surface area contributed by atoms with Gasteiger partial charge in [0.1, 0.15) is 11.5 Å². The molecular formula is C24H18FN3O4. The average Bonchev–Trinajstić information content (AvgIpc) is 2.97. The molecule has 0 spiro atoms. The Balaban J connectivity index is 1.84. The summed E-state index contributed by atoms with van der Waals surface area (Å²) in [6, 6.07) is 16.2. The molecule has 1 aliphatic heterocycles. The number of benzene rings is 3. The second-order valence-corrected chi connectivity index (χ2v) is 7.48. The molecule has 0 saturated heterocycles. The van der Waals surface area contributed by atoms with Gasteiger partial charge in [-0.05, 0) is 73.0 Å². The topological polar surface area (TPSA) is 92.6 Å². The third-order valence-electron chi connectivity index (χ3n) is 5.01. The molecule has 0 fully saturated rings. The molecule has 0 radical (unpaired) electrons. The average molecular weight is 431 g/mol. The van der Waals surface area contributed by atoms with Gasteiger partial charge in [-0.3, -0.25) is 19.7 Å². The molecule has 0 aliphatic carbocycles. The molecule has 1 N–H and O–H groups in total. The number of anilines is 2. The highest BCUT2D eigenvalue weighted by Gasteiger charge is 2.40. The van der Waals surface area contributed by atoms with Crippen molar-refractivity contribution in [2.75, 3.05) is 10.2 Å². The molecule has 8 heteroatoms. The molecule has 0 saturated carbocycles. The normalized spacial score (nSPS) is 13.7. The molecule has 3 aromatic rings. The lowest BCUT2D eigenvalue weighted by molar-refractivity contribution is -0.384. The fourth-order valence-electron chi connectivity index (χ4n) is 3.69. The second kappa shape index (κ2) is 8.07. The molecule has 0 aromatic heterocycles. The number of rotatable bonds is 5. The van der Waals surface area contributed by atoms with Crippen molar-refractivity contribution in [3.05, 3.63) is 105 Å². The van der Waals surface area contributed by atoms with E-state index < -0.39 is 22.6 Å². The van der Waals surface area contributed by atoms with Gasteiger partial charge in [0.25, 0.3) is 17.5 Å². The van der Waals surface area contributed by atoms with Gasteiger partial charge in [0.15, 0.2) is 0 Å². The van der Waals surface area contributed by atoms with Crippen molar-refractivity contribution in [3.63, 3.8) is 0 Å². The van der Waals surface area contributed by atoms with Crippen molar-refractivity contribution < 1.29 is 18.9 Å². The number of halogens is 1. The number of carbonyl (C=O) groups excluding carboxylic acids is 2. The van der Waals surface area contributed by atoms with Crippen molar-refractivity contribution in [2.45, 2.75) is 13.8 Å². The van der Waals surface area contributed by atoms with Crippen LogP contribution in [0.2, 0.25) is 0 Å². The third kappa shape index (κ3) is 3.85. The van der Waals surface area contributed by atoms with Gasteiger partial charge in [-0.15, -0.1) is 0 Å². The number of nitro benzene ring substituents is 1. The van der Waals surface area contributed by atoms with E-state index in [9.17, 15) is 24.1 Å². The van der Waals surface area contributed by atoms with Gasteiger partial charge in [-0.1, -0.05) is 12.1 Å². The summed E-state index contributed by atoms with van der Waals surface area (Å²) in [7, 11) is 0. The second-order valence-electron chi connectivity index (χ2n) is 7.48. The van der Waals surface area contributed by atoms with Crippen molar-refractivity contribution in [3.8, 4) is 0 Å². The number of imide groups is 1. The maximum Gasteiger partial charge on any atom is 0.282 e. The first kappa shape index (κ1) is 20.9. The minimum atomic E-state index is -0.599. The highest BCUT2D eigenvalue weighted by molar-refractivity contribution is 6.46. The molecular weight excluding hydrogens is 413 g/mol. The molecule has 3 aromatic carbocycles. The molecule has 2 amide bonds. The molecule has 7 nitrogen and oxygen atoms in total. The number of nitro groups is 1. The zero-order valence-corrected chi connectivity index (χ0v) is 17.3. The SMILES string of the molecule is Cc1cc(C)cc(N2C(=O)C(Nc3cccc(F)c3)=C(c3ccc([N+](=O)[O-])cc3)C2=O)c1. The van der Waals surface area contributed by atoms with Gasteiger partial charge in [-0.25, -0.2) is 9.29 Å². The van der Waals surface area contributed by atoms with E-state index in [4.69, 9.17) is 0 Å². The standard InChI is InChI=1S/C24H18FN3O4/c1-14-10-15(2)12-20(11-14)27-23(29)21(16-6-8-19(9-7-16)28(31)32)22(24(27)30)26-18-5-3-4-17(25)13-18/h3-13,26H,1-2H3. The van der Waals surface area contributed by atoms with Crippen LogP contribution in [0.3, 0.4) is 0 Å². The number of aryl methyl sites for hydroxylation is 2.